The molecule has 4 nitrogen and oxygen atoms in total. The second-order valence-electron chi connectivity index (χ2n) is 3.71. The summed E-state index contributed by atoms with van der Waals surface area (Å²) in [4.78, 5) is 24.0. The molecule has 98 valence electrons. The molecule has 1 heterocycles. The zero-order valence-corrected chi connectivity index (χ0v) is 10.0. The Hall–Kier alpha value is -0.920. The number of hydrogen-bond donors (Lipinski definition) is 1. The number of hydrogen-bond acceptors (Lipinski definition) is 3. The predicted molar refractivity (Wildman–Crippen MR) is 57.3 cm³/mol. The third-order valence-electron chi connectivity index (χ3n) is 2.37. The van der Waals surface area contributed by atoms with Crippen LogP contribution in [0.1, 0.15) is 13.3 Å². The molecule has 1 aliphatic rings. The summed E-state index contributed by atoms with van der Waals surface area (Å²) in [5.41, 5.74) is -4.29. The van der Waals surface area contributed by atoms with E-state index in [1.54, 1.807) is 6.92 Å². The van der Waals surface area contributed by atoms with Crippen LogP contribution in [0.4, 0.5) is 13.2 Å². The van der Waals surface area contributed by atoms with E-state index < -0.39 is 5.51 Å². The lowest BCUT2D eigenvalue weighted by molar-refractivity contribution is -0.131. The molecule has 0 bridgehead atoms. The van der Waals surface area contributed by atoms with E-state index >= 15 is 0 Å². The molecule has 8 heteroatoms. The number of carbonyl (C=O) groups excluding carboxylic acids is 2. The highest BCUT2D eigenvalue weighted by Gasteiger charge is 2.30. The molecule has 0 aromatic carbocycles. The molecule has 1 rings (SSSR count). The van der Waals surface area contributed by atoms with Gasteiger partial charge in [-0.25, -0.2) is 0 Å². The van der Waals surface area contributed by atoms with Crippen LogP contribution >= 0.6 is 11.8 Å². The van der Waals surface area contributed by atoms with E-state index in [1.807, 2.05) is 0 Å². The maximum Gasteiger partial charge on any atom is 0.441 e. The average molecular weight is 270 g/mol. The fourth-order valence-corrected chi connectivity index (χ4v) is 2.10. The zero-order chi connectivity index (χ0) is 13.1. The van der Waals surface area contributed by atoms with Crippen molar-refractivity contribution in [2.24, 2.45) is 0 Å². The third kappa shape index (κ3) is 4.84. The van der Waals surface area contributed by atoms with Gasteiger partial charge in [0.05, 0.1) is 6.54 Å². The van der Waals surface area contributed by atoms with E-state index in [0.717, 1.165) is 0 Å². The average Bonchev–Trinajstić information content (AvgIpc) is 2.29. The van der Waals surface area contributed by atoms with Crippen LogP contribution in [-0.2, 0) is 9.59 Å². The van der Waals surface area contributed by atoms with Gasteiger partial charge < -0.3 is 10.2 Å². The molecule has 0 aliphatic carbocycles. The van der Waals surface area contributed by atoms with Crippen LogP contribution < -0.4 is 5.32 Å². The number of carbonyl (C=O) groups is 2. The molecule has 1 saturated heterocycles. The minimum absolute atomic E-state index is 0.000856. The molecule has 0 radical (unpaired) electrons. The minimum atomic E-state index is -4.29. The van der Waals surface area contributed by atoms with Crippen molar-refractivity contribution in [2.75, 3.05) is 18.8 Å². The first-order valence-corrected chi connectivity index (χ1v) is 6.05. The van der Waals surface area contributed by atoms with E-state index in [-0.39, 0.29) is 54.9 Å². The predicted octanol–water partition coefficient (Wildman–Crippen LogP) is 0.976. The highest BCUT2D eigenvalue weighted by molar-refractivity contribution is 8.00. The number of nitrogens with one attached hydrogen (secondary N) is 1. The summed E-state index contributed by atoms with van der Waals surface area (Å²) in [7, 11) is 0. The van der Waals surface area contributed by atoms with E-state index in [1.165, 1.54) is 4.90 Å². The summed E-state index contributed by atoms with van der Waals surface area (Å²) >= 11 is -0.160. The van der Waals surface area contributed by atoms with Gasteiger partial charge in [-0.2, -0.15) is 13.2 Å². The van der Waals surface area contributed by atoms with Gasteiger partial charge in [0.25, 0.3) is 0 Å². The first kappa shape index (κ1) is 14.1. The SMILES string of the molecule is CC1CC(=O)NCC(=O)N1CCSC(F)(F)F. The van der Waals surface area contributed by atoms with Gasteiger partial charge in [-0.3, -0.25) is 9.59 Å². The molecule has 1 atom stereocenters. The third-order valence-corrected chi connectivity index (χ3v) is 3.08. The zero-order valence-electron chi connectivity index (χ0n) is 9.21. The first-order chi connectivity index (χ1) is 7.79. The maximum absolute atomic E-state index is 11.9. The summed E-state index contributed by atoms with van der Waals surface area (Å²) in [5.74, 6) is -0.809. The Labute approximate surface area is 101 Å². The molecule has 1 N–H and O–H groups in total. The second-order valence-corrected chi connectivity index (χ2v) is 4.87. The lowest BCUT2D eigenvalue weighted by Gasteiger charge is -2.26. The van der Waals surface area contributed by atoms with Gasteiger partial charge in [-0.15, -0.1) is 0 Å². The lowest BCUT2D eigenvalue weighted by Crippen LogP contribution is -2.41. The monoisotopic (exact) mass is 270 g/mol. The number of amides is 2. The van der Waals surface area contributed by atoms with Crippen LogP contribution in [0.25, 0.3) is 0 Å². The maximum atomic E-state index is 11.9. The van der Waals surface area contributed by atoms with Gasteiger partial charge in [0, 0.05) is 24.8 Å². The van der Waals surface area contributed by atoms with Crippen molar-refractivity contribution in [3.63, 3.8) is 0 Å². The standard InChI is InChI=1S/C9H13F3N2O2S/c1-6-4-7(15)13-5-8(16)14(6)2-3-17-9(10,11)12/h6H,2-5H2,1H3,(H,13,15). The van der Waals surface area contributed by atoms with Crippen LogP contribution in [-0.4, -0.2) is 47.1 Å². The second kappa shape index (κ2) is 5.61. The highest BCUT2D eigenvalue weighted by atomic mass is 32.2. The van der Waals surface area contributed by atoms with Crippen molar-refractivity contribution in [1.29, 1.82) is 0 Å². The van der Waals surface area contributed by atoms with Crippen LogP contribution in [0.2, 0.25) is 0 Å². The van der Waals surface area contributed by atoms with Gasteiger partial charge in [0.1, 0.15) is 0 Å². The number of thioether (sulfide) groups is 1. The first-order valence-electron chi connectivity index (χ1n) is 5.06. The van der Waals surface area contributed by atoms with Crippen LogP contribution in [0.3, 0.4) is 0 Å². The van der Waals surface area contributed by atoms with Crippen molar-refractivity contribution >= 4 is 23.6 Å². The van der Waals surface area contributed by atoms with Crippen molar-refractivity contribution in [1.82, 2.24) is 10.2 Å². The molecule has 0 spiro atoms. The van der Waals surface area contributed by atoms with Crippen molar-refractivity contribution in [2.45, 2.75) is 24.9 Å². The summed E-state index contributed by atoms with van der Waals surface area (Å²) in [6, 6.07) is -0.362. The topological polar surface area (TPSA) is 49.4 Å². The van der Waals surface area contributed by atoms with E-state index in [9.17, 15) is 22.8 Å². The normalized spacial score (nSPS) is 22.4. The Balaban J connectivity index is 2.49. The van der Waals surface area contributed by atoms with Crippen LogP contribution in [0.15, 0.2) is 0 Å². The minimum Gasteiger partial charge on any atom is -0.347 e. The summed E-state index contributed by atoms with van der Waals surface area (Å²) in [6.07, 6.45) is 0.127. The van der Waals surface area contributed by atoms with E-state index in [2.05, 4.69) is 5.32 Å². The van der Waals surface area contributed by atoms with Crippen molar-refractivity contribution in [3.05, 3.63) is 0 Å². The highest BCUT2D eigenvalue weighted by Crippen LogP contribution is 2.30. The van der Waals surface area contributed by atoms with Crippen LogP contribution in [0, 0.1) is 0 Å². The van der Waals surface area contributed by atoms with E-state index in [4.69, 9.17) is 0 Å². The molecule has 1 unspecified atom stereocenters. The Morgan fingerprint density at radius 1 is 1.47 bits per heavy atom. The Kier molecular flexibility index (Phi) is 4.67. The quantitative estimate of drug-likeness (QED) is 0.831. The smallest absolute Gasteiger partial charge is 0.347 e. The Bertz CT molecular complexity index is 309. The summed E-state index contributed by atoms with van der Waals surface area (Å²) in [6.45, 7) is 1.51. The van der Waals surface area contributed by atoms with Gasteiger partial charge in [-0.05, 0) is 18.7 Å². The van der Waals surface area contributed by atoms with Gasteiger partial charge in [0.15, 0.2) is 0 Å². The fraction of sp³-hybridized carbons (Fsp3) is 0.778. The number of halogens is 3. The molecule has 0 saturated carbocycles. The Morgan fingerprint density at radius 3 is 2.71 bits per heavy atom. The summed E-state index contributed by atoms with van der Waals surface area (Å²) < 4.78 is 35.8. The molecule has 17 heavy (non-hydrogen) atoms. The number of alkyl halides is 3. The summed E-state index contributed by atoms with van der Waals surface area (Å²) in [5, 5.41) is 2.40. The molecule has 1 fully saturated rings. The fourth-order valence-electron chi connectivity index (χ4n) is 1.58. The lowest BCUT2D eigenvalue weighted by atomic mass is 10.2. The number of nitrogens with zero attached hydrogens (tertiary/aromatic N) is 1. The van der Waals surface area contributed by atoms with Crippen molar-refractivity contribution < 1.29 is 22.8 Å². The Morgan fingerprint density at radius 2 is 2.12 bits per heavy atom. The molecule has 0 aromatic heterocycles. The van der Waals surface area contributed by atoms with Gasteiger partial charge >= 0.3 is 5.51 Å². The van der Waals surface area contributed by atoms with E-state index in [0.29, 0.717) is 0 Å². The molecular formula is C9H13F3N2O2S. The molecular weight excluding hydrogens is 257 g/mol. The molecule has 2 amide bonds. The largest absolute Gasteiger partial charge is 0.441 e. The van der Waals surface area contributed by atoms with Crippen molar-refractivity contribution in [3.8, 4) is 0 Å². The van der Waals surface area contributed by atoms with Gasteiger partial charge in [-0.1, -0.05) is 0 Å². The number of rotatable bonds is 3. The molecule has 1 aliphatic heterocycles. The van der Waals surface area contributed by atoms with Crippen LogP contribution in [0.5, 0.6) is 0 Å². The molecule has 0 aromatic rings. The van der Waals surface area contributed by atoms with Gasteiger partial charge in [0.2, 0.25) is 11.8 Å².